The third-order valence-corrected chi connectivity index (χ3v) is 3.94. The van der Waals surface area contributed by atoms with Gasteiger partial charge in [0.2, 0.25) is 0 Å². The normalized spacial score (nSPS) is 10.9. The fraction of sp³-hybridized carbons (Fsp3) is 0.500. The largest absolute Gasteiger partial charge is 0.282 e. The molecule has 0 saturated carbocycles. The molecule has 1 heterocycles. The lowest BCUT2D eigenvalue weighted by Gasteiger charge is -2.09. The number of aromatic nitrogens is 3. The molecule has 2 rings (SSSR count). The summed E-state index contributed by atoms with van der Waals surface area (Å²) in [6.07, 6.45) is 7.40. The fourth-order valence-electron chi connectivity index (χ4n) is 2.36. The second kappa shape index (κ2) is 8.20. The van der Waals surface area contributed by atoms with Crippen LogP contribution in [0.15, 0.2) is 30.3 Å². The van der Waals surface area contributed by atoms with Crippen LogP contribution in [-0.2, 0) is 11.8 Å². The molecule has 0 aliphatic heterocycles. The molecule has 2 aromatic rings. The topological polar surface area (TPSA) is 30.7 Å². The fourth-order valence-corrected chi connectivity index (χ4v) is 2.73. The molecule has 20 heavy (non-hydrogen) atoms. The van der Waals surface area contributed by atoms with Crippen molar-refractivity contribution in [3.8, 4) is 5.69 Å². The first-order chi connectivity index (χ1) is 9.86. The van der Waals surface area contributed by atoms with Gasteiger partial charge in [-0.1, -0.05) is 66.7 Å². The first-order valence-corrected chi connectivity index (χ1v) is 8.53. The number of unbranched alkanes of at least 4 members (excludes halogenated alkanes) is 4. The van der Waals surface area contributed by atoms with E-state index in [2.05, 4.69) is 61.9 Å². The lowest BCUT2D eigenvalue weighted by molar-refractivity contribution is 0.618. The molecule has 0 spiro atoms. The van der Waals surface area contributed by atoms with Crippen molar-refractivity contribution in [3.63, 3.8) is 0 Å². The molecule has 0 aliphatic rings. The van der Waals surface area contributed by atoms with Gasteiger partial charge in [-0.05, 0) is 18.6 Å². The van der Waals surface area contributed by atoms with Gasteiger partial charge in [0.25, 0.3) is 0 Å². The molecule has 108 valence electrons. The molecular formula is C16H22BrN3. The molecule has 0 bridgehead atoms. The van der Waals surface area contributed by atoms with Crippen molar-refractivity contribution in [3.05, 3.63) is 42.0 Å². The monoisotopic (exact) mass is 335 g/mol. The first kappa shape index (κ1) is 15.2. The van der Waals surface area contributed by atoms with Gasteiger partial charge in [-0.15, -0.1) is 10.2 Å². The molecule has 0 unspecified atom stereocenters. The van der Waals surface area contributed by atoms with Crippen LogP contribution in [0.4, 0.5) is 0 Å². The van der Waals surface area contributed by atoms with E-state index in [1.165, 1.54) is 32.1 Å². The predicted molar refractivity (Wildman–Crippen MR) is 86.5 cm³/mol. The van der Waals surface area contributed by atoms with E-state index in [9.17, 15) is 0 Å². The van der Waals surface area contributed by atoms with E-state index in [1.807, 2.05) is 6.07 Å². The highest BCUT2D eigenvalue weighted by molar-refractivity contribution is 9.08. The van der Waals surface area contributed by atoms with Gasteiger partial charge >= 0.3 is 0 Å². The number of aryl methyl sites for hydroxylation is 1. The summed E-state index contributed by atoms with van der Waals surface area (Å²) < 4.78 is 2.18. The maximum atomic E-state index is 4.36. The highest BCUT2D eigenvalue weighted by Crippen LogP contribution is 2.17. The number of benzene rings is 1. The number of nitrogens with zero attached hydrogens (tertiary/aromatic N) is 3. The first-order valence-electron chi connectivity index (χ1n) is 7.41. The summed E-state index contributed by atoms with van der Waals surface area (Å²) in [4.78, 5) is 0. The van der Waals surface area contributed by atoms with Gasteiger partial charge in [-0.3, -0.25) is 4.57 Å². The van der Waals surface area contributed by atoms with Gasteiger partial charge in [-0.2, -0.15) is 0 Å². The van der Waals surface area contributed by atoms with Gasteiger partial charge in [0.15, 0.2) is 0 Å². The molecule has 0 aliphatic carbocycles. The molecule has 0 N–H and O–H groups in total. The lowest BCUT2D eigenvalue weighted by Crippen LogP contribution is -2.04. The lowest BCUT2D eigenvalue weighted by atomic mass is 10.1. The molecular weight excluding hydrogens is 314 g/mol. The van der Waals surface area contributed by atoms with Gasteiger partial charge in [0.1, 0.15) is 11.6 Å². The Hall–Kier alpha value is -1.16. The summed E-state index contributed by atoms with van der Waals surface area (Å²) in [5.41, 5.74) is 1.15. The standard InChI is InChI=1S/C16H22BrN3/c1-2-3-4-5-9-12-15-18-19-16(13-17)20(15)14-10-7-6-8-11-14/h6-8,10-11H,2-5,9,12-13H2,1H3. The zero-order valence-electron chi connectivity index (χ0n) is 12.1. The quantitative estimate of drug-likeness (QED) is 0.518. The van der Waals surface area contributed by atoms with Crippen LogP contribution in [0, 0.1) is 0 Å². The second-order valence-electron chi connectivity index (χ2n) is 5.00. The number of halogens is 1. The van der Waals surface area contributed by atoms with Gasteiger partial charge < -0.3 is 0 Å². The van der Waals surface area contributed by atoms with Crippen LogP contribution in [0.1, 0.15) is 50.7 Å². The number of para-hydroxylation sites is 1. The van der Waals surface area contributed by atoms with E-state index in [4.69, 9.17) is 0 Å². The minimum atomic E-state index is 0.727. The van der Waals surface area contributed by atoms with Crippen molar-refractivity contribution in [1.29, 1.82) is 0 Å². The minimum absolute atomic E-state index is 0.727. The van der Waals surface area contributed by atoms with Gasteiger partial charge in [-0.25, -0.2) is 0 Å². The zero-order valence-corrected chi connectivity index (χ0v) is 13.6. The SMILES string of the molecule is CCCCCCCc1nnc(CBr)n1-c1ccccc1. The summed E-state index contributed by atoms with van der Waals surface area (Å²) in [5, 5.41) is 9.38. The molecule has 4 heteroatoms. The average molecular weight is 336 g/mol. The van der Waals surface area contributed by atoms with Crippen molar-refractivity contribution in [2.75, 3.05) is 0 Å². The van der Waals surface area contributed by atoms with Gasteiger partial charge in [0, 0.05) is 12.1 Å². The van der Waals surface area contributed by atoms with Crippen molar-refractivity contribution < 1.29 is 0 Å². The molecule has 0 radical (unpaired) electrons. The van der Waals surface area contributed by atoms with E-state index >= 15 is 0 Å². The van der Waals surface area contributed by atoms with E-state index < -0.39 is 0 Å². The van der Waals surface area contributed by atoms with Crippen LogP contribution >= 0.6 is 15.9 Å². The Morgan fingerprint density at radius 2 is 1.65 bits per heavy atom. The summed E-state index contributed by atoms with van der Waals surface area (Å²) in [6, 6.07) is 10.4. The van der Waals surface area contributed by atoms with Crippen LogP contribution in [0.2, 0.25) is 0 Å². The summed E-state index contributed by atoms with van der Waals surface area (Å²) in [6.45, 7) is 2.24. The molecule has 0 atom stereocenters. The molecule has 0 amide bonds. The smallest absolute Gasteiger partial charge is 0.148 e. The van der Waals surface area contributed by atoms with Crippen LogP contribution < -0.4 is 0 Å². The molecule has 3 nitrogen and oxygen atoms in total. The highest BCUT2D eigenvalue weighted by Gasteiger charge is 2.12. The van der Waals surface area contributed by atoms with Crippen LogP contribution in [0.25, 0.3) is 5.69 Å². The number of alkyl halides is 1. The average Bonchev–Trinajstić information content (AvgIpc) is 2.91. The number of hydrogen-bond acceptors (Lipinski definition) is 2. The predicted octanol–water partition coefficient (Wildman–Crippen LogP) is 4.68. The van der Waals surface area contributed by atoms with E-state index in [0.29, 0.717) is 0 Å². The van der Waals surface area contributed by atoms with Gasteiger partial charge in [0.05, 0.1) is 5.33 Å². The molecule has 1 aromatic carbocycles. The highest BCUT2D eigenvalue weighted by atomic mass is 79.9. The van der Waals surface area contributed by atoms with Crippen LogP contribution in [-0.4, -0.2) is 14.8 Å². The molecule has 0 fully saturated rings. The maximum Gasteiger partial charge on any atom is 0.148 e. The minimum Gasteiger partial charge on any atom is -0.282 e. The van der Waals surface area contributed by atoms with Crippen LogP contribution in [0.5, 0.6) is 0 Å². The van der Waals surface area contributed by atoms with Crippen molar-refractivity contribution in [2.24, 2.45) is 0 Å². The van der Waals surface area contributed by atoms with E-state index in [0.717, 1.165) is 29.1 Å². The zero-order chi connectivity index (χ0) is 14.2. The summed E-state index contributed by atoms with van der Waals surface area (Å²) in [7, 11) is 0. The second-order valence-corrected chi connectivity index (χ2v) is 5.56. The maximum absolute atomic E-state index is 4.36. The van der Waals surface area contributed by atoms with E-state index in [1.54, 1.807) is 0 Å². The van der Waals surface area contributed by atoms with E-state index in [-0.39, 0.29) is 0 Å². The Bertz CT molecular complexity index is 508. The molecule has 0 saturated heterocycles. The third kappa shape index (κ3) is 3.92. The summed E-state index contributed by atoms with van der Waals surface area (Å²) in [5.74, 6) is 2.04. The third-order valence-electron chi connectivity index (χ3n) is 3.43. The van der Waals surface area contributed by atoms with Crippen molar-refractivity contribution in [1.82, 2.24) is 14.8 Å². The number of rotatable bonds is 8. The Morgan fingerprint density at radius 3 is 2.35 bits per heavy atom. The number of hydrogen-bond donors (Lipinski definition) is 0. The van der Waals surface area contributed by atoms with Crippen molar-refractivity contribution >= 4 is 15.9 Å². The van der Waals surface area contributed by atoms with Crippen LogP contribution in [0.3, 0.4) is 0 Å². The van der Waals surface area contributed by atoms with Crippen molar-refractivity contribution in [2.45, 2.75) is 50.8 Å². The Labute approximate surface area is 129 Å². The Morgan fingerprint density at radius 1 is 0.950 bits per heavy atom. The Balaban J connectivity index is 2.08. The molecule has 1 aromatic heterocycles. The Kier molecular flexibility index (Phi) is 6.25. The summed E-state index contributed by atoms with van der Waals surface area (Å²) >= 11 is 3.50.